The Morgan fingerprint density at radius 1 is 1.43 bits per heavy atom. The van der Waals surface area contributed by atoms with Gasteiger partial charge in [0, 0.05) is 19.3 Å². The highest BCUT2D eigenvalue weighted by molar-refractivity contribution is 5.64. The van der Waals surface area contributed by atoms with Crippen molar-refractivity contribution >= 4 is 6.09 Å². The van der Waals surface area contributed by atoms with E-state index >= 15 is 0 Å². The van der Waals surface area contributed by atoms with Crippen LogP contribution in [-0.4, -0.2) is 34.2 Å². The molecule has 0 radical (unpaired) electrons. The highest BCUT2D eigenvalue weighted by atomic mass is 16.4. The van der Waals surface area contributed by atoms with Crippen molar-refractivity contribution in [1.29, 1.82) is 5.26 Å². The zero-order valence-corrected chi connectivity index (χ0v) is 12.2. The van der Waals surface area contributed by atoms with E-state index < -0.39 is 6.09 Å². The predicted molar refractivity (Wildman–Crippen MR) is 78.8 cm³/mol. The smallest absolute Gasteiger partial charge is 0.407 e. The highest BCUT2D eigenvalue weighted by Crippen LogP contribution is 2.23. The monoisotopic (exact) mass is 287 g/mol. The van der Waals surface area contributed by atoms with Crippen LogP contribution in [0.4, 0.5) is 4.79 Å². The van der Waals surface area contributed by atoms with E-state index in [1.54, 1.807) is 6.20 Å². The largest absolute Gasteiger partial charge is 0.465 e. The number of unbranched alkanes of at least 4 members (excludes halogenated alkanes) is 1. The molecule has 1 saturated heterocycles. The van der Waals surface area contributed by atoms with Crippen LogP contribution in [-0.2, 0) is 6.42 Å². The molecule has 0 spiro atoms. The molecule has 0 saturated carbocycles. The van der Waals surface area contributed by atoms with E-state index in [1.165, 1.54) is 16.9 Å². The number of likely N-dealkylation sites (tertiary alicyclic amines) is 1. The van der Waals surface area contributed by atoms with Crippen molar-refractivity contribution in [1.82, 2.24) is 9.88 Å². The summed E-state index contributed by atoms with van der Waals surface area (Å²) in [6.07, 6.45) is 7.28. The first kappa shape index (κ1) is 15.3. The Bertz CT molecular complexity index is 516. The third-order valence-electron chi connectivity index (χ3n) is 4.15. The topological polar surface area (TPSA) is 77.2 Å². The van der Waals surface area contributed by atoms with Gasteiger partial charge in [-0.3, -0.25) is 0 Å². The second kappa shape index (κ2) is 7.63. The normalized spacial score (nSPS) is 15.7. The van der Waals surface area contributed by atoms with Gasteiger partial charge in [0.15, 0.2) is 0 Å². The van der Waals surface area contributed by atoms with Crippen LogP contribution in [0, 0.1) is 17.2 Å². The first-order chi connectivity index (χ1) is 10.2. The van der Waals surface area contributed by atoms with Gasteiger partial charge in [0.2, 0.25) is 0 Å². The molecule has 0 aromatic carbocycles. The van der Waals surface area contributed by atoms with Gasteiger partial charge in [-0.15, -0.1) is 0 Å². The number of hydrogen-bond donors (Lipinski definition) is 1. The van der Waals surface area contributed by atoms with Crippen molar-refractivity contribution in [3.8, 4) is 6.07 Å². The lowest BCUT2D eigenvalue weighted by Gasteiger charge is -2.29. The molecule has 21 heavy (non-hydrogen) atoms. The number of piperidine rings is 1. The minimum absolute atomic E-state index is 0.480. The summed E-state index contributed by atoms with van der Waals surface area (Å²) in [6, 6.07) is 5.88. The van der Waals surface area contributed by atoms with Crippen molar-refractivity contribution in [2.45, 2.75) is 38.5 Å². The molecular weight excluding hydrogens is 266 g/mol. The first-order valence-corrected chi connectivity index (χ1v) is 7.52. The fraction of sp³-hybridized carbons (Fsp3) is 0.562. The molecule has 0 unspecified atom stereocenters. The van der Waals surface area contributed by atoms with E-state index in [0.717, 1.165) is 32.1 Å². The van der Waals surface area contributed by atoms with Crippen LogP contribution < -0.4 is 0 Å². The van der Waals surface area contributed by atoms with E-state index in [0.29, 0.717) is 24.7 Å². The van der Waals surface area contributed by atoms with Crippen LogP contribution in [0.2, 0.25) is 0 Å². The Labute approximate surface area is 125 Å². The molecule has 1 aliphatic rings. The van der Waals surface area contributed by atoms with Gasteiger partial charge in [-0.1, -0.05) is 12.8 Å². The molecule has 1 amide bonds. The van der Waals surface area contributed by atoms with Gasteiger partial charge < -0.3 is 10.0 Å². The molecule has 112 valence electrons. The summed E-state index contributed by atoms with van der Waals surface area (Å²) in [5.74, 6) is 0.660. The summed E-state index contributed by atoms with van der Waals surface area (Å²) in [7, 11) is 0. The standard InChI is InChI=1S/C16H21N3O2/c17-12-15-11-14(5-8-18-15)4-2-1-3-13-6-9-19(10-7-13)16(20)21/h5,8,11,13H,1-4,6-7,9-10H2,(H,20,21). The molecule has 2 rings (SSSR count). The van der Waals surface area contributed by atoms with Crippen LogP contribution in [0.15, 0.2) is 18.3 Å². The highest BCUT2D eigenvalue weighted by Gasteiger charge is 2.21. The second-order valence-electron chi connectivity index (χ2n) is 5.62. The first-order valence-electron chi connectivity index (χ1n) is 7.52. The van der Waals surface area contributed by atoms with E-state index in [-0.39, 0.29) is 0 Å². The molecule has 0 aliphatic carbocycles. The van der Waals surface area contributed by atoms with Crippen LogP contribution in [0.1, 0.15) is 43.4 Å². The van der Waals surface area contributed by atoms with Gasteiger partial charge >= 0.3 is 6.09 Å². The Morgan fingerprint density at radius 3 is 2.86 bits per heavy atom. The number of pyridine rings is 1. The SMILES string of the molecule is N#Cc1cc(CCCCC2CCN(C(=O)O)CC2)ccn1. The van der Waals surface area contributed by atoms with Crippen molar-refractivity contribution in [2.24, 2.45) is 5.92 Å². The molecule has 1 aromatic rings. The average molecular weight is 287 g/mol. The van der Waals surface area contributed by atoms with Gasteiger partial charge in [-0.05, 0) is 49.3 Å². The van der Waals surface area contributed by atoms with Gasteiger partial charge in [-0.2, -0.15) is 5.26 Å². The van der Waals surface area contributed by atoms with Crippen molar-refractivity contribution < 1.29 is 9.90 Å². The van der Waals surface area contributed by atoms with E-state index in [4.69, 9.17) is 10.4 Å². The maximum absolute atomic E-state index is 10.8. The number of aryl methyl sites for hydroxylation is 1. The Hall–Kier alpha value is -2.09. The van der Waals surface area contributed by atoms with Crippen molar-refractivity contribution in [3.63, 3.8) is 0 Å². The van der Waals surface area contributed by atoms with Crippen molar-refractivity contribution in [2.75, 3.05) is 13.1 Å². The van der Waals surface area contributed by atoms with E-state index in [2.05, 4.69) is 11.1 Å². The number of nitrogens with zero attached hydrogens (tertiary/aromatic N) is 3. The number of amides is 1. The molecule has 1 aliphatic heterocycles. The molecule has 1 fully saturated rings. The van der Waals surface area contributed by atoms with Gasteiger partial charge in [-0.25, -0.2) is 9.78 Å². The van der Waals surface area contributed by atoms with Crippen LogP contribution in [0.3, 0.4) is 0 Å². The summed E-state index contributed by atoms with van der Waals surface area (Å²) in [6.45, 7) is 1.35. The average Bonchev–Trinajstić information content (AvgIpc) is 2.52. The van der Waals surface area contributed by atoms with Gasteiger partial charge in [0.05, 0.1) is 0 Å². The maximum Gasteiger partial charge on any atom is 0.407 e. The number of carbonyl (C=O) groups is 1. The Balaban J connectivity index is 1.64. The molecule has 0 atom stereocenters. The van der Waals surface area contributed by atoms with Crippen LogP contribution in [0.25, 0.3) is 0 Å². The second-order valence-corrected chi connectivity index (χ2v) is 5.62. The summed E-state index contributed by atoms with van der Waals surface area (Å²) in [4.78, 5) is 16.3. The molecule has 0 bridgehead atoms. The molecule has 5 heteroatoms. The van der Waals surface area contributed by atoms with Crippen molar-refractivity contribution in [3.05, 3.63) is 29.6 Å². The third-order valence-corrected chi connectivity index (χ3v) is 4.15. The summed E-state index contributed by atoms with van der Waals surface area (Å²) >= 11 is 0. The quantitative estimate of drug-likeness (QED) is 0.844. The summed E-state index contributed by atoms with van der Waals surface area (Å²) in [5, 5.41) is 17.7. The number of carboxylic acid groups (broad SMARTS) is 1. The lowest BCUT2D eigenvalue weighted by Crippen LogP contribution is -2.37. The van der Waals surface area contributed by atoms with E-state index in [9.17, 15) is 4.79 Å². The zero-order valence-electron chi connectivity index (χ0n) is 12.2. The lowest BCUT2D eigenvalue weighted by molar-refractivity contribution is 0.122. The van der Waals surface area contributed by atoms with Gasteiger partial charge in [0.25, 0.3) is 0 Å². The molecule has 2 heterocycles. The van der Waals surface area contributed by atoms with E-state index in [1.807, 2.05) is 12.1 Å². The number of nitriles is 1. The summed E-state index contributed by atoms with van der Waals surface area (Å²) < 4.78 is 0. The molecular formula is C16H21N3O2. The minimum atomic E-state index is -0.792. The zero-order chi connectivity index (χ0) is 15.1. The van der Waals surface area contributed by atoms with Crippen LogP contribution >= 0.6 is 0 Å². The number of rotatable bonds is 5. The maximum atomic E-state index is 10.8. The van der Waals surface area contributed by atoms with Gasteiger partial charge in [0.1, 0.15) is 11.8 Å². The summed E-state index contributed by atoms with van der Waals surface area (Å²) in [5.41, 5.74) is 1.65. The molecule has 1 aromatic heterocycles. The third kappa shape index (κ3) is 4.75. The van der Waals surface area contributed by atoms with Crippen LogP contribution in [0.5, 0.6) is 0 Å². The minimum Gasteiger partial charge on any atom is -0.465 e. The predicted octanol–water partition coefficient (Wildman–Crippen LogP) is 3.06. The number of hydrogen-bond acceptors (Lipinski definition) is 3. The lowest BCUT2D eigenvalue weighted by atomic mass is 9.91. The fourth-order valence-electron chi connectivity index (χ4n) is 2.87. The fourth-order valence-corrected chi connectivity index (χ4v) is 2.87. The molecule has 1 N–H and O–H groups in total. The number of aromatic nitrogens is 1. The Morgan fingerprint density at radius 2 is 2.19 bits per heavy atom. The Kier molecular flexibility index (Phi) is 5.56. The molecule has 5 nitrogen and oxygen atoms in total.